The van der Waals surface area contributed by atoms with E-state index in [4.69, 9.17) is 4.74 Å². The van der Waals surface area contributed by atoms with Crippen molar-refractivity contribution in [2.75, 3.05) is 26.7 Å². The summed E-state index contributed by atoms with van der Waals surface area (Å²) >= 11 is 0. The molecule has 0 radical (unpaired) electrons. The molecule has 0 aliphatic carbocycles. The van der Waals surface area contributed by atoms with E-state index in [0.717, 1.165) is 37.5 Å². The van der Waals surface area contributed by atoms with E-state index in [1.165, 1.54) is 11.1 Å². The van der Waals surface area contributed by atoms with Gasteiger partial charge in [-0.15, -0.1) is 0 Å². The van der Waals surface area contributed by atoms with E-state index in [9.17, 15) is 4.79 Å². The fourth-order valence-corrected chi connectivity index (χ4v) is 3.56. The Morgan fingerprint density at radius 3 is 2.58 bits per heavy atom. The molecule has 1 heterocycles. The van der Waals surface area contributed by atoms with Crippen LogP contribution in [0.3, 0.4) is 0 Å². The van der Waals surface area contributed by atoms with Gasteiger partial charge in [-0.05, 0) is 37.1 Å². The molecule has 2 aromatic carbocycles. The number of hydrogen-bond donors (Lipinski definition) is 0. The first kappa shape index (κ1) is 18.5. The molecule has 1 atom stereocenters. The molecule has 0 saturated carbocycles. The molecule has 0 bridgehead atoms. The molecule has 138 valence electrons. The first-order valence-electron chi connectivity index (χ1n) is 9.25. The van der Waals surface area contributed by atoms with Gasteiger partial charge in [-0.25, -0.2) is 0 Å². The monoisotopic (exact) mass is 352 g/mol. The third kappa shape index (κ3) is 4.64. The van der Waals surface area contributed by atoms with Crippen LogP contribution in [0.2, 0.25) is 0 Å². The number of rotatable bonds is 5. The highest BCUT2D eigenvalue weighted by atomic mass is 16.5. The van der Waals surface area contributed by atoms with Crippen LogP contribution in [0.15, 0.2) is 48.5 Å². The lowest BCUT2D eigenvalue weighted by atomic mass is 10.1. The molecule has 0 N–H and O–H groups in total. The summed E-state index contributed by atoms with van der Waals surface area (Å²) in [6.07, 6.45) is 0.487. The van der Waals surface area contributed by atoms with Gasteiger partial charge >= 0.3 is 0 Å². The fraction of sp³-hybridized carbons (Fsp3) is 0.409. The van der Waals surface area contributed by atoms with Gasteiger partial charge in [0.25, 0.3) is 0 Å². The van der Waals surface area contributed by atoms with Gasteiger partial charge in [-0.2, -0.15) is 0 Å². The number of carbonyl (C=O) groups is 1. The van der Waals surface area contributed by atoms with Crippen molar-refractivity contribution in [3.63, 3.8) is 0 Å². The van der Waals surface area contributed by atoms with Crippen molar-refractivity contribution in [1.82, 2.24) is 9.80 Å². The first-order valence-corrected chi connectivity index (χ1v) is 9.25. The molecule has 1 saturated heterocycles. The lowest BCUT2D eigenvalue weighted by Crippen LogP contribution is -2.54. The minimum atomic E-state index is 0.224. The highest BCUT2D eigenvalue weighted by molar-refractivity contribution is 5.79. The van der Waals surface area contributed by atoms with Crippen LogP contribution in [0.5, 0.6) is 5.75 Å². The lowest BCUT2D eigenvalue weighted by molar-refractivity contribution is -0.135. The molecule has 0 spiro atoms. The van der Waals surface area contributed by atoms with Crippen molar-refractivity contribution in [3.05, 3.63) is 65.2 Å². The molecule has 26 heavy (non-hydrogen) atoms. The van der Waals surface area contributed by atoms with E-state index in [1.54, 1.807) is 7.11 Å². The SMILES string of the molecule is COc1cccc(CN2CCN(C(=O)Cc3ccc(C)cc3)[C@@H](C)C2)c1. The van der Waals surface area contributed by atoms with Crippen LogP contribution in [-0.2, 0) is 17.8 Å². The van der Waals surface area contributed by atoms with Gasteiger partial charge < -0.3 is 9.64 Å². The molecule has 4 heteroatoms. The number of benzene rings is 2. The van der Waals surface area contributed by atoms with E-state index in [1.807, 2.05) is 17.0 Å². The van der Waals surface area contributed by atoms with Crippen molar-refractivity contribution in [3.8, 4) is 5.75 Å². The molecule has 1 amide bonds. The number of nitrogens with zero attached hydrogens (tertiary/aromatic N) is 2. The highest BCUT2D eigenvalue weighted by Crippen LogP contribution is 2.18. The molecular formula is C22H28N2O2. The largest absolute Gasteiger partial charge is 0.497 e. The second-order valence-electron chi connectivity index (χ2n) is 7.19. The van der Waals surface area contributed by atoms with E-state index in [-0.39, 0.29) is 11.9 Å². The van der Waals surface area contributed by atoms with Crippen LogP contribution in [0.4, 0.5) is 0 Å². The Morgan fingerprint density at radius 1 is 1.12 bits per heavy atom. The summed E-state index contributed by atoms with van der Waals surface area (Å²) in [4.78, 5) is 17.1. The quantitative estimate of drug-likeness (QED) is 0.828. The minimum Gasteiger partial charge on any atom is -0.497 e. The Kier molecular flexibility index (Phi) is 5.94. The third-order valence-corrected chi connectivity index (χ3v) is 5.05. The van der Waals surface area contributed by atoms with Crippen molar-refractivity contribution in [1.29, 1.82) is 0 Å². The summed E-state index contributed by atoms with van der Waals surface area (Å²) < 4.78 is 5.31. The maximum absolute atomic E-state index is 12.7. The van der Waals surface area contributed by atoms with Crippen LogP contribution in [0.1, 0.15) is 23.6 Å². The summed E-state index contributed by atoms with van der Waals surface area (Å²) in [5.74, 6) is 1.12. The molecule has 4 nitrogen and oxygen atoms in total. The summed E-state index contributed by atoms with van der Waals surface area (Å²) in [5.41, 5.74) is 3.56. The Bertz CT molecular complexity index is 742. The van der Waals surface area contributed by atoms with E-state index >= 15 is 0 Å². The summed E-state index contributed by atoms with van der Waals surface area (Å²) in [5, 5.41) is 0. The zero-order valence-corrected chi connectivity index (χ0v) is 15.9. The number of methoxy groups -OCH3 is 1. The predicted molar refractivity (Wildman–Crippen MR) is 104 cm³/mol. The number of aryl methyl sites for hydroxylation is 1. The van der Waals surface area contributed by atoms with Gasteiger partial charge in [0, 0.05) is 32.2 Å². The molecule has 0 aromatic heterocycles. The van der Waals surface area contributed by atoms with Gasteiger partial charge in [0.2, 0.25) is 5.91 Å². The number of hydrogen-bond acceptors (Lipinski definition) is 3. The predicted octanol–water partition coefficient (Wildman–Crippen LogP) is 3.28. The zero-order valence-electron chi connectivity index (χ0n) is 15.9. The molecule has 0 unspecified atom stereocenters. The van der Waals surface area contributed by atoms with E-state index in [2.05, 4.69) is 55.1 Å². The number of ether oxygens (including phenoxy) is 1. The smallest absolute Gasteiger partial charge is 0.227 e. The van der Waals surface area contributed by atoms with Gasteiger partial charge in [0.05, 0.1) is 13.5 Å². The van der Waals surface area contributed by atoms with Crippen molar-refractivity contribution in [2.45, 2.75) is 32.9 Å². The van der Waals surface area contributed by atoms with Crippen LogP contribution in [-0.4, -0.2) is 48.5 Å². The number of carbonyl (C=O) groups excluding carboxylic acids is 1. The Morgan fingerprint density at radius 2 is 1.88 bits per heavy atom. The van der Waals surface area contributed by atoms with Crippen LogP contribution < -0.4 is 4.74 Å². The summed E-state index contributed by atoms with van der Waals surface area (Å²) in [7, 11) is 1.69. The minimum absolute atomic E-state index is 0.224. The average molecular weight is 352 g/mol. The molecule has 3 rings (SSSR count). The molecular weight excluding hydrogens is 324 g/mol. The van der Waals surface area contributed by atoms with Crippen LogP contribution >= 0.6 is 0 Å². The fourth-order valence-electron chi connectivity index (χ4n) is 3.56. The van der Waals surface area contributed by atoms with Crippen LogP contribution in [0, 0.1) is 6.92 Å². The third-order valence-electron chi connectivity index (χ3n) is 5.05. The Balaban J connectivity index is 1.55. The topological polar surface area (TPSA) is 32.8 Å². The summed E-state index contributed by atoms with van der Waals surface area (Å²) in [6.45, 7) is 7.69. The Hall–Kier alpha value is -2.33. The van der Waals surface area contributed by atoms with Gasteiger partial charge in [0.1, 0.15) is 5.75 Å². The number of piperazine rings is 1. The first-order chi connectivity index (χ1) is 12.5. The number of amides is 1. The molecule has 1 fully saturated rings. The lowest BCUT2D eigenvalue weighted by Gasteiger charge is -2.40. The van der Waals surface area contributed by atoms with E-state index in [0.29, 0.717) is 6.42 Å². The van der Waals surface area contributed by atoms with Crippen LogP contribution in [0.25, 0.3) is 0 Å². The van der Waals surface area contributed by atoms with Gasteiger partial charge in [-0.3, -0.25) is 9.69 Å². The Labute approximate surface area is 156 Å². The molecule has 2 aromatic rings. The van der Waals surface area contributed by atoms with Crippen molar-refractivity contribution in [2.24, 2.45) is 0 Å². The molecule has 1 aliphatic rings. The van der Waals surface area contributed by atoms with Gasteiger partial charge in [-0.1, -0.05) is 42.0 Å². The normalized spacial score (nSPS) is 18.0. The van der Waals surface area contributed by atoms with Gasteiger partial charge in [0.15, 0.2) is 0 Å². The van der Waals surface area contributed by atoms with Crippen molar-refractivity contribution < 1.29 is 9.53 Å². The zero-order chi connectivity index (χ0) is 18.5. The highest BCUT2D eigenvalue weighted by Gasteiger charge is 2.27. The second-order valence-corrected chi connectivity index (χ2v) is 7.19. The van der Waals surface area contributed by atoms with Crippen molar-refractivity contribution >= 4 is 5.91 Å². The average Bonchev–Trinajstić information content (AvgIpc) is 2.64. The standard InChI is InChI=1S/C22H28N2O2/c1-17-7-9-19(10-8-17)14-22(25)24-12-11-23(15-18(24)2)16-20-5-4-6-21(13-20)26-3/h4-10,13,18H,11-12,14-16H2,1-3H3/t18-/m0/s1. The molecule has 1 aliphatic heterocycles. The maximum Gasteiger partial charge on any atom is 0.227 e. The van der Waals surface area contributed by atoms with E-state index < -0.39 is 0 Å². The summed E-state index contributed by atoms with van der Waals surface area (Å²) in [6, 6.07) is 16.7. The second kappa shape index (κ2) is 8.37. The maximum atomic E-state index is 12.7.